The molecule has 0 saturated carbocycles. The van der Waals surface area contributed by atoms with E-state index in [0.29, 0.717) is 35.9 Å². The first kappa shape index (κ1) is 17.4. The average molecular weight is 393 g/mol. The van der Waals surface area contributed by atoms with E-state index in [9.17, 15) is 4.79 Å². The van der Waals surface area contributed by atoms with E-state index in [2.05, 4.69) is 30.9 Å². The molecule has 11 heteroatoms. The maximum Gasteiger partial charge on any atom is 0.270 e. The number of nitrogens with zero attached hydrogens (tertiary/aromatic N) is 6. The van der Waals surface area contributed by atoms with Crippen LogP contribution in [-0.4, -0.2) is 47.9 Å². The molecule has 4 bridgehead atoms. The fourth-order valence-electron chi connectivity index (χ4n) is 3.44. The zero-order valence-electron chi connectivity index (χ0n) is 15.9. The van der Waals surface area contributed by atoms with Gasteiger partial charge in [0.1, 0.15) is 17.0 Å². The van der Waals surface area contributed by atoms with Crippen molar-refractivity contribution in [1.29, 1.82) is 0 Å². The Kier molecular flexibility index (Phi) is 3.84. The maximum absolute atomic E-state index is 12.7. The van der Waals surface area contributed by atoms with E-state index in [1.165, 1.54) is 6.20 Å². The molecule has 0 unspecified atom stereocenters. The molecule has 1 amide bonds. The van der Waals surface area contributed by atoms with Crippen LogP contribution in [0, 0.1) is 0 Å². The third-order valence-electron chi connectivity index (χ3n) is 4.80. The van der Waals surface area contributed by atoms with Crippen LogP contribution in [0.5, 0.6) is 0 Å². The van der Waals surface area contributed by atoms with E-state index in [1.54, 1.807) is 15.3 Å². The third kappa shape index (κ3) is 2.91. The van der Waals surface area contributed by atoms with Crippen LogP contribution < -0.4 is 16.4 Å². The lowest BCUT2D eigenvalue weighted by molar-refractivity contribution is 0.0816. The minimum Gasteiger partial charge on any atom is -0.381 e. The van der Waals surface area contributed by atoms with Gasteiger partial charge in [0, 0.05) is 13.1 Å². The Labute approximate surface area is 164 Å². The number of hydrogen-bond acceptors (Lipinski definition) is 8. The predicted molar refractivity (Wildman–Crippen MR) is 106 cm³/mol. The van der Waals surface area contributed by atoms with Crippen LogP contribution in [-0.2, 0) is 18.4 Å². The van der Waals surface area contributed by atoms with E-state index < -0.39 is 0 Å². The molecule has 148 valence electrons. The minimum atomic E-state index is -0.267. The zero-order chi connectivity index (χ0) is 20.1. The number of nitrogen functional groups attached to an aromatic ring is 1. The van der Waals surface area contributed by atoms with Crippen LogP contribution in [0.3, 0.4) is 0 Å². The summed E-state index contributed by atoms with van der Waals surface area (Å²) in [6, 6.07) is 3.74. The number of ether oxygens (including phenoxy) is 1. The quantitative estimate of drug-likeness (QED) is 0.402. The molecule has 4 N–H and O–H groups in total. The molecule has 1 aliphatic heterocycles. The van der Waals surface area contributed by atoms with Gasteiger partial charge in [0.25, 0.3) is 5.91 Å². The monoisotopic (exact) mass is 393 g/mol. The lowest BCUT2D eigenvalue weighted by Crippen LogP contribution is -2.36. The molecule has 11 nitrogen and oxygen atoms in total. The molecule has 4 aromatic rings. The van der Waals surface area contributed by atoms with Crippen molar-refractivity contribution in [2.24, 2.45) is 7.05 Å². The van der Waals surface area contributed by atoms with Crippen LogP contribution in [0.1, 0.15) is 23.0 Å². The molecule has 0 saturated heterocycles. The second kappa shape index (κ2) is 6.41. The summed E-state index contributed by atoms with van der Waals surface area (Å²) in [5.41, 5.74) is 10.1. The molecule has 1 aliphatic rings. The highest BCUT2D eigenvalue weighted by Crippen LogP contribution is 2.27. The predicted octanol–water partition coefficient (Wildman–Crippen LogP) is 0.985. The van der Waals surface area contributed by atoms with Gasteiger partial charge in [-0.2, -0.15) is 0 Å². The number of nitrogens with one attached hydrogen (secondary N) is 2. The van der Waals surface area contributed by atoms with Gasteiger partial charge in [-0.3, -0.25) is 9.20 Å². The smallest absolute Gasteiger partial charge is 0.270 e. The Morgan fingerprint density at radius 2 is 2.21 bits per heavy atom. The van der Waals surface area contributed by atoms with Crippen LogP contribution in [0.4, 0.5) is 17.3 Å². The standard InChI is InChI=1S/C18H19N9O2/c1-9-7-29-8-10-3-11(15-12(4-10)26(2)25-24-15)22-14-6-27-13(18(28)21-9)5-20-17(27)16(19)23-14/h3-6,9,22H,7-8H2,1-2H3,(H2,19,23)(H,21,28)/t9-/m1/s1. The van der Waals surface area contributed by atoms with E-state index >= 15 is 0 Å². The molecule has 29 heavy (non-hydrogen) atoms. The molecular weight excluding hydrogens is 374 g/mol. The molecule has 1 atom stereocenters. The Bertz CT molecular complexity index is 1260. The molecule has 0 aliphatic carbocycles. The van der Waals surface area contributed by atoms with Crippen molar-refractivity contribution in [1.82, 2.24) is 34.7 Å². The van der Waals surface area contributed by atoms with Crippen molar-refractivity contribution in [3.05, 3.63) is 35.8 Å². The molecule has 0 spiro atoms. The fourth-order valence-corrected chi connectivity index (χ4v) is 3.44. The lowest BCUT2D eigenvalue weighted by Gasteiger charge is -2.16. The SMILES string of the molecule is C[C@@H]1COCc2cc(c3nnn(C)c3c2)Nc2cn3c(cnc3c(N)n2)C(=O)N1. The highest BCUT2D eigenvalue weighted by Gasteiger charge is 2.19. The third-order valence-corrected chi connectivity index (χ3v) is 4.80. The average Bonchev–Trinajstić information content (AvgIpc) is 3.26. The number of nitrogens with two attached hydrogens (primary N) is 1. The number of imidazole rings is 1. The summed E-state index contributed by atoms with van der Waals surface area (Å²) in [7, 11) is 1.83. The summed E-state index contributed by atoms with van der Waals surface area (Å²) in [5, 5.41) is 14.5. The van der Waals surface area contributed by atoms with Gasteiger partial charge in [0.15, 0.2) is 11.5 Å². The molecule has 5 rings (SSSR count). The first-order valence-electron chi connectivity index (χ1n) is 9.11. The van der Waals surface area contributed by atoms with Gasteiger partial charge in [-0.1, -0.05) is 5.21 Å². The summed E-state index contributed by atoms with van der Waals surface area (Å²) in [6.45, 7) is 2.62. The van der Waals surface area contributed by atoms with E-state index in [0.717, 1.165) is 16.8 Å². The first-order valence-corrected chi connectivity index (χ1v) is 9.11. The van der Waals surface area contributed by atoms with Crippen LogP contribution >= 0.6 is 0 Å². The van der Waals surface area contributed by atoms with Crippen molar-refractivity contribution >= 4 is 39.9 Å². The van der Waals surface area contributed by atoms with E-state index in [4.69, 9.17) is 10.5 Å². The largest absolute Gasteiger partial charge is 0.381 e. The molecule has 0 radical (unpaired) electrons. The van der Waals surface area contributed by atoms with Gasteiger partial charge < -0.3 is 21.1 Å². The number of amides is 1. The Hall–Kier alpha value is -3.73. The van der Waals surface area contributed by atoms with Crippen LogP contribution in [0.2, 0.25) is 0 Å². The van der Waals surface area contributed by atoms with Crippen LogP contribution in [0.15, 0.2) is 24.5 Å². The molecule has 4 heterocycles. The summed E-state index contributed by atoms with van der Waals surface area (Å²) in [4.78, 5) is 21.3. The maximum atomic E-state index is 12.7. The minimum absolute atomic E-state index is 0.186. The van der Waals surface area contributed by atoms with E-state index in [1.807, 2.05) is 26.1 Å². The van der Waals surface area contributed by atoms with Crippen molar-refractivity contribution in [3.8, 4) is 0 Å². The number of hydrogen-bond donors (Lipinski definition) is 3. The Morgan fingerprint density at radius 3 is 3.07 bits per heavy atom. The molecule has 1 aromatic carbocycles. The fraction of sp³-hybridized carbons (Fsp3) is 0.278. The van der Waals surface area contributed by atoms with Gasteiger partial charge in [-0.15, -0.1) is 5.10 Å². The molecular formula is C18H19N9O2. The van der Waals surface area contributed by atoms with Crippen molar-refractivity contribution in [2.45, 2.75) is 19.6 Å². The number of benzene rings is 1. The number of fused-ring (bicyclic) bond motifs is 5. The lowest BCUT2D eigenvalue weighted by atomic mass is 10.1. The second-order valence-corrected chi connectivity index (χ2v) is 7.09. The number of anilines is 3. The summed E-state index contributed by atoms with van der Waals surface area (Å²) < 4.78 is 9.14. The molecule has 0 fully saturated rings. The topological polar surface area (TPSA) is 137 Å². The van der Waals surface area contributed by atoms with Gasteiger partial charge >= 0.3 is 0 Å². The van der Waals surface area contributed by atoms with Gasteiger partial charge in [0.05, 0.1) is 36.8 Å². The number of carbonyl (C=O) groups excluding carboxylic acids is 1. The van der Waals surface area contributed by atoms with Gasteiger partial charge in [0.2, 0.25) is 0 Å². The summed E-state index contributed by atoms with van der Waals surface area (Å²) in [5.74, 6) is 0.401. The zero-order valence-corrected chi connectivity index (χ0v) is 15.9. The number of aryl methyl sites for hydroxylation is 1. The van der Waals surface area contributed by atoms with Crippen LogP contribution in [0.25, 0.3) is 16.7 Å². The van der Waals surface area contributed by atoms with Gasteiger partial charge in [-0.25, -0.2) is 14.6 Å². The van der Waals surface area contributed by atoms with Crippen molar-refractivity contribution in [3.63, 3.8) is 0 Å². The van der Waals surface area contributed by atoms with E-state index in [-0.39, 0.29) is 17.8 Å². The number of carbonyl (C=O) groups is 1. The highest BCUT2D eigenvalue weighted by atomic mass is 16.5. The second-order valence-electron chi connectivity index (χ2n) is 7.09. The highest BCUT2D eigenvalue weighted by molar-refractivity contribution is 5.94. The summed E-state index contributed by atoms with van der Waals surface area (Å²) >= 11 is 0. The summed E-state index contributed by atoms with van der Waals surface area (Å²) in [6.07, 6.45) is 3.17. The Morgan fingerprint density at radius 1 is 1.34 bits per heavy atom. The molecule has 3 aromatic heterocycles. The number of rotatable bonds is 0. The normalized spacial score (nSPS) is 17.3. The Balaban J connectivity index is 1.71. The van der Waals surface area contributed by atoms with Gasteiger partial charge in [-0.05, 0) is 24.6 Å². The first-order chi connectivity index (χ1) is 14.0. The number of aromatic nitrogens is 6. The van der Waals surface area contributed by atoms with Crippen molar-refractivity contribution in [2.75, 3.05) is 17.7 Å². The van der Waals surface area contributed by atoms with Crippen molar-refractivity contribution < 1.29 is 9.53 Å².